The fraction of sp³-hybridized carbons (Fsp3) is 0.647. The Labute approximate surface area is 128 Å². The van der Waals surface area contributed by atoms with Gasteiger partial charge in [-0.1, -0.05) is 32.4 Å². The Balaban J connectivity index is 1.67. The van der Waals surface area contributed by atoms with Gasteiger partial charge >= 0.3 is 0 Å². The number of nitrogens with zero attached hydrogens (tertiary/aromatic N) is 1. The number of hydrogen-bond acceptors (Lipinski definition) is 3. The van der Waals surface area contributed by atoms with E-state index in [1.54, 1.807) is 0 Å². The smallest absolute Gasteiger partial charge is 0.0207 e. The van der Waals surface area contributed by atoms with Crippen molar-refractivity contribution in [2.45, 2.75) is 50.6 Å². The van der Waals surface area contributed by atoms with Crippen molar-refractivity contribution >= 4 is 11.8 Å². The SMILES string of the molecule is CC(C)NCc1ccc(SCCN2CCCCC2)cc1. The number of hydrogen-bond donors (Lipinski definition) is 1. The molecule has 0 saturated carbocycles. The number of piperidine rings is 1. The second-order valence-corrected chi connectivity index (χ2v) is 7.10. The van der Waals surface area contributed by atoms with E-state index in [0.29, 0.717) is 6.04 Å². The maximum absolute atomic E-state index is 3.45. The quantitative estimate of drug-likeness (QED) is 0.770. The Hall–Kier alpha value is -0.510. The van der Waals surface area contributed by atoms with Crippen LogP contribution in [0.5, 0.6) is 0 Å². The highest BCUT2D eigenvalue weighted by Crippen LogP contribution is 2.19. The van der Waals surface area contributed by atoms with Gasteiger partial charge in [-0.05, 0) is 43.6 Å². The lowest BCUT2D eigenvalue weighted by atomic mass is 10.1. The minimum absolute atomic E-state index is 0.550. The van der Waals surface area contributed by atoms with E-state index >= 15 is 0 Å². The van der Waals surface area contributed by atoms with E-state index in [1.807, 2.05) is 11.8 Å². The Morgan fingerprint density at radius 3 is 2.45 bits per heavy atom. The molecule has 1 N–H and O–H groups in total. The van der Waals surface area contributed by atoms with Gasteiger partial charge in [0, 0.05) is 29.8 Å². The van der Waals surface area contributed by atoms with Crippen LogP contribution in [0.15, 0.2) is 29.2 Å². The van der Waals surface area contributed by atoms with Crippen LogP contribution in [0.4, 0.5) is 0 Å². The topological polar surface area (TPSA) is 15.3 Å². The molecule has 1 heterocycles. The van der Waals surface area contributed by atoms with Gasteiger partial charge in [-0.3, -0.25) is 0 Å². The van der Waals surface area contributed by atoms with Gasteiger partial charge < -0.3 is 10.2 Å². The second kappa shape index (κ2) is 8.71. The van der Waals surface area contributed by atoms with Crippen LogP contribution in [0.1, 0.15) is 38.7 Å². The molecule has 0 aromatic heterocycles. The second-order valence-electron chi connectivity index (χ2n) is 5.93. The van der Waals surface area contributed by atoms with Crippen LogP contribution in [0, 0.1) is 0 Å². The summed E-state index contributed by atoms with van der Waals surface area (Å²) >= 11 is 1.99. The molecule has 1 fully saturated rings. The Bertz CT molecular complexity index is 369. The van der Waals surface area contributed by atoms with Crippen LogP contribution in [0.2, 0.25) is 0 Å². The van der Waals surface area contributed by atoms with Crippen molar-refractivity contribution in [3.63, 3.8) is 0 Å². The Morgan fingerprint density at radius 2 is 1.80 bits per heavy atom. The highest BCUT2D eigenvalue weighted by Gasteiger charge is 2.09. The molecule has 112 valence electrons. The lowest BCUT2D eigenvalue weighted by molar-refractivity contribution is 0.242. The first kappa shape index (κ1) is 15.9. The summed E-state index contributed by atoms with van der Waals surface area (Å²) in [6.07, 6.45) is 4.21. The summed E-state index contributed by atoms with van der Waals surface area (Å²) < 4.78 is 0. The summed E-state index contributed by atoms with van der Waals surface area (Å²) in [5.41, 5.74) is 1.37. The fourth-order valence-electron chi connectivity index (χ4n) is 2.50. The van der Waals surface area contributed by atoms with E-state index in [0.717, 1.165) is 6.54 Å². The highest BCUT2D eigenvalue weighted by molar-refractivity contribution is 7.99. The van der Waals surface area contributed by atoms with Gasteiger partial charge in [-0.15, -0.1) is 11.8 Å². The van der Waals surface area contributed by atoms with Gasteiger partial charge in [0.25, 0.3) is 0 Å². The third kappa shape index (κ3) is 5.86. The van der Waals surface area contributed by atoms with Gasteiger partial charge in [0.1, 0.15) is 0 Å². The molecule has 0 bridgehead atoms. The number of rotatable bonds is 7. The summed E-state index contributed by atoms with van der Waals surface area (Å²) in [5, 5.41) is 3.45. The number of benzene rings is 1. The van der Waals surface area contributed by atoms with E-state index in [1.165, 1.54) is 55.1 Å². The predicted molar refractivity (Wildman–Crippen MR) is 89.4 cm³/mol. The van der Waals surface area contributed by atoms with Crippen molar-refractivity contribution in [3.8, 4) is 0 Å². The maximum Gasteiger partial charge on any atom is 0.0207 e. The van der Waals surface area contributed by atoms with E-state index in [9.17, 15) is 0 Å². The molecule has 0 radical (unpaired) electrons. The van der Waals surface area contributed by atoms with Crippen LogP contribution in [-0.4, -0.2) is 36.3 Å². The van der Waals surface area contributed by atoms with Gasteiger partial charge in [-0.2, -0.15) is 0 Å². The molecule has 3 heteroatoms. The number of nitrogens with one attached hydrogen (secondary N) is 1. The van der Waals surface area contributed by atoms with Crippen LogP contribution in [-0.2, 0) is 6.54 Å². The average molecular weight is 292 g/mol. The summed E-state index contributed by atoms with van der Waals surface area (Å²) in [6, 6.07) is 9.57. The molecule has 1 aromatic carbocycles. The molecule has 2 rings (SSSR count). The normalized spacial score (nSPS) is 16.8. The van der Waals surface area contributed by atoms with Crippen LogP contribution in [0.3, 0.4) is 0 Å². The first-order valence-corrected chi connectivity index (χ1v) is 8.90. The minimum atomic E-state index is 0.550. The summed E-state index contributed by atoms with van der Waals surface area (Å²) in [4.78, 5) is 4.01. The highest BCUT2D eigenvalue weighted by atomic mass is 32.2. The average Bonchev–Trinajstić information content (AvgIpc) is 2.47. The van der Waals surface area contributed by atoms with E-state index in [4.69, 9.17) is 0 Å². The van der Waals surface area contributed by atoms with Gasteiger partial charge in [0.05, 0.1) is 0 Å². The molecule has 2 nitrogen and oxygen atoms in total. The third-order valence-corrected chi connectivity index (χ3v) is 4.75. The van der Waals surface area contributed by atoms with Crippen molar-refractivity contribution < 1.29 is 0 Å². The van der Waals surface area contributed by atoms with Crippen molar-refractivity contribution in [2.24, 2.45) is 0 Å². The first-order valence-electron chi connectivity index (χ1n) is 7.91. The molecule has 20 heavy (non-hydrogen) atoms. The molecule has 0 atom stereocenters. The first-order chi connectivity index (χ1) is 9.74. The molecule has 1 saturated heterocycles. The standard InChI is InChI=1S/C17H28N2S/c1-15(2)18-14-16-6-8-17(9-7-16)20-13-12-19-10-4-3-5-11-19/h6-9,15,18H,3-5,10-14H2,1-2H3. The fourth-order valence-corrected chi connectivity index (χ4v) is 3.41. The summed E-state index contributed by atoms with van der Waals surface area (Å²) in [7, 11) is 0. The zero-order chi connectivity index (χ0) is 14.2. The lowest BCUT2D eigenvalue weighted by Gasteiger charge is -2.26. The van der Waals surface area contributed by atoms with Crippen LogP contribution in [0.25, 0.3) is 0 Å². The minimum Gasteiger partial charge on any atom is -0.310 e. The Morgan fingerprint density at radius 1 is 1.10 bits per heavy atom. The van der Waals surface area contributed by atoms with Crippen molar-refractivity contribution in [1.82, 2.24) is 10.2 Å². The monoisotopic (exact) mass is 292 g/mol. The van der Waals surface area contributed by atoms with E-state index in [-0.39, 0.29) is 0 Å². The van der Waals surface area contributed by atoms with Crippen LogP contribution >= 0.6 is 11.8 Å². The van der Waals surface area contributed by atoms with E-state index in [2.05, 4.69) is 48.3 Å². The molecular formula is C17H28N2S. The summed E-state index contributed by atoms with van der Waals surface area (Å²) in [6.45, 7) is 9.19. The molecule has 1 aromatic rings. The number of thioether (sulfide) groups is 1. The van der Waals surface area contributed by atoms with Gasteiger partial charge in [0.2, 0.25) is 0 Å². The molecule has 1 aliphatic rings. The zero-order valence-corrected chi connectivity index (χ0v) is 13.7. The zero-order valence-electron chi connectivity index (χ0n) is 12.9. The third-order valence-electron chi connectivity index (χ3n) is 3.76. The Kier molecular flexibility index (Phi) is 6.91. The van der Waals surface area contributed by atoms with Crippen LogP contribution < -0.4 is 5.32 Å². The molecule has 0 unspecified atom stereocenters. The van der Waals surface area contributed by atoms with E-state index < -0.39 is 0 Å². The molecule has 0 spiro atoms. The molecule has 0 aliphatic carbocycles. The largest absolute Gasteiger partial charge is 0.310 e. The molecule has 1 aliphatic heterocycles. The van der Waals surface area contributed by atoms with Crippen molar-refractivity contribution in [2.75, 3.05) is 25.4 Å². The number of likely N-dealkylation sites (tertiary alicyclic amines) is 1. The maximum atomic E-state index is 3.45. The lowest BCUT2D eigenvalue weighted by Crippen LogP contribution is -2.31. The predicted octanol–water partition coefficient (Wildman–Crippen LogP) is 3.76. The summed E-state index contributed by atoms with van der Waals surface area (Å²) in [5.74, 6) is 1.21. The van der Waals surface area contributed by atoms with Gasteiger partial charge in [-0.25, -0.2) is 0 Å². The molecule has 0 amide bonds. The van der Waals surface area contributed by atoms with Gasteiger partial charge in [0.15, 0.2) is 0 Å². The van der Waals surface area contributed by atoms with Crippen molar-refractivity contribution in [3.05, 3.63) is 29.8 Å². The van der Waals surface area contributed by atoms with Crippen molar-refractivity contribution in [1.29, 1.82) is 0 Å². The molecular weight excluding hydrogens is 264 g/mol.